The van der Waals surface area contributed by atoms with Crippen LogP contribution in [0.25, 0.3) is 0 Å². The predicted octanol–water partition coefficient (Wildman–Crippen LogP) is 5.65. The van der Waals surface area contributed by atoms with Crippen molar-refractivity contribution in [3.8, 4) is 0 Å². The zero-order chi connectivity index (χ0) is 34.9. The van der Waals surface area contributed by atoms with Gasteiger partial charge < -0.3 is 24.6 Å². The molecule has 13 heteroatoms. The summed E-state index contributed by atoms with van der Waals surface area (Å²) in [7, 11) is 0. The van der Waals surface area contributed by atoms with E-state index in [9.17, 15) is 29.3 Å². The number of nitro groups is 1. The van der Waals surface area contributed by atoms with Gasteiger partial charge in [-0.1, -0.05) is 66.7 Å². The van der Waals surface area contributed by atoms with Crippen LogP contribution in [0.5, 0.6) is 0 Å². The standard InChI is InChI=1S/C36H34N4O8S/c1-36(2,3)48-35(44)37-28-32(42)39-29(34(43)47-30(22-11-6-4-7-12-22)23-13-8-5-9-14-23)25(21-49-33(28)39)19-24-17-18-38(31(24)41)26-15-10-16-27(20-26)40(45)46/h4-16,19-21,28-30,33H,17-18H2,1-3H3,(H,37,44)/t28-,29-,33-/m1/s1. The molecule has 49 heavy (non-hydrogen) atoms. The number of nitrogens with one attached hydrogen (secondary N) is 1. The number of ether oxygens (including phenoxy) is 2. The van der Waals surface area contributed by atoms with Gasteiger partial charge >= 0.3 is 12.1 Å². The summed E-state index contributed by atoms with van der Waals surface area (Å²) in [5, 5.41) is 15.0. The Balaban J connectivity index is 1.32. The molecular formula is C36H34N4O8S. The molecular weight excluding hydrogens is 648 g/mol. The smallest absolute Gasteiger partial charge is 0.408 e. The Morgan fingerprint density at radius 3 is 2.27 bits per heavy atom. The Kier molecular flexibility index (Phi) is 9.28. The summed E-state index contributed by atoms with van der Waals surface area (Å²) in [6, 6.07) is 22.1. The van der Waals surface area contributed by atoms with E-state index in [0.29, 0.717) is 23.3 Å². The molecule has 3 aromatic carbocycles. The number of fused-ring (bicyclic) bond motifs is 1. The minimum atomic E-state index is -1.22. The molecule has 0 unspecified atom stereocenters. The highest BCUT2D eigenvalue weighted by atomic mass is 32.2. The average Bonchev–Trinajstić information content (AvgIpc) is 3.45. The zero-order valence-electron chi connectivity index (χ0n) is 27.0. The van der Waals surface area contributed by atoms with Crippen molar-refractivity contribution >= 4 is 47.0 Å². The van der Waals surface area contributed by atoms with Crippen LogP contribution < -0.4 is 10.2 Å². The van der Waals surface area contributed by atoms with E-state index in [4.69, 9.17) is 9.47 Å². The highest BCUT2D eigenvalue weighted by Gasteiger charge is 2.56. The van der Waals surface area contributed by atoms with Crippen LogP contribution in [0.4, 0.5) is 16.2 Å². The number of β-lactam (4-membered cyclic amide) rings is 1. The molecule has 0 bridgehead atoms. The third-order valence-corrected chi connectivity index (χ3v) is 9.36. The van der Waals surface area contributed by atoms with Crippen LogP contribution in [0, 0.1) is 10.1 Å². The van der Waals surface area contributed by atoms with Gasteiger partial charge in [-0.3, -0.25) is 19.7 Å². The molecule has 0 aliphatic carbocycles. The summed E-state index contributed by atoms with van der Waals surface area (Å²) in [6.45, 7) is 5.42. The molecule has 3 amide bonds. The van der Waals surface area contributed by atoms with Crippen molar-refractivity contribution in [3.05, 3.63) is 129 Å². The number of hydrogen-bond donors (Lipinski definition) is 1. The Labute approximate surface area is 286 Å². The van der Waals surface area contributed by atoms with E-state index in [1.54, 1.807) is 38.3 Å². The van der Waals surface area contributed by atoms with Gasteiger partial charge in [0.25, 0.3) is 11.6 Å². The van der Waals surface area contributed by atoms with Crippen molar-refractivity contribution in [2.45, 2.75) is 56.4 Å². The highest BCUT2D eigenvalue weighted by molar-refractivity contribution is 8.03. The number of non-ortho nitro benzene ring substituents is 1. The van der Waals surface area contributed by atoms with Crippen LogP contribution >= 0.6 is 11.8 Å². The third kappa shape index (κ3) is 7.07. The summed E-state index contributed by atoms with van der Waals surface area (Å²) < 4.78 is 11.6. The number of nitrogens with zero attached hydrogens (tertiary/aromatic N) is 3. The van der Waals surface area contributed by atoms with Crippen molar-refractivity contribution in [3.63, 3.8) is 0 Å². The fraction of sp³-hybridized carbons (Fsp3) is 0.278. The molecule has 3 aromatic rings. The second-order valence-electron chi connectivity index (χ2n) is 12.7. The minimum Gasteiger partial charge on any atom is -0.451 e. The Bertz CT molecular complexity index is 1820. The average molecular weight is 683 g/mol. The molecule has 0 saturated carbocycles. The van der Waals surface area contributed by atoms with Crippen molar-refractivity contribution in [2.75, 3.05) is 11.4 Å². The van der Waals surface area contributed by atoms with Crippen LogP contribution in [0.3, 0.4) is 0 Å². The first-order chi connectivity index (χ1) is 23.4. The molecule has 3 aliphatic rings. The SMILES string of the molecule is CC(C)(C)OC(=O)N[C@@H]1C(=O)N2[C@@H](C(=O)OC(c3ccccc3)c3ccccc3)C(C=C3CCN(c4cccc([N+](=O)[O-])c4)C3=O)=CS[C@H]12. The molecule has 6 rings (SSSR count). The molecule has 2 saturated heterocycles. The van der Waals surface area contributed by atoms with Crippen LogP contribution in [0.1, 0.15) is 44.4 Å². The number of benzene rings is 3. The van der Waals surface area contributed by atoms with E-state index >= 15 is 0 Å². The second kappa shape index (κ2) is 13.6. The third-order valence-electron chi connectivity index (χ3n) is 8.17. The van der Waals surface area contributed by atoms with Gasteiger partial charge in [-0.05, 0) is 61.4 Å². The first-order valence-corrected chi connectivity index (χ1v) is 16.6. The zero-order valence-corrected chi connectivity index (χ0v) is 27.8. The maximum atomic E-state index is 14.3. The van der Waals surface area contributed by atoms with Crippen LogP contribution in [-0.4, -0.2) is 63.3 Å². The van der Waals surface area contributed by atoms with Crippen molar-refractivity contribution in [1.82, 2.24) is 10.2 Å². The van der Waals surface area contributed by atoms with Gasteiger partial charge in [-0.15, -0.1) is 11.8 Å². The molecule has 2 fully saturated rings. The normalized spacial score (nSPS) is 21.2. The monoisotopic (exact) mass is 682 g/mol. The van der Waals surface area contributed by atoms with Gasteiger partial charge in [0, 0.05) is 24.3 Å². The summed E-state index contributed by atoms with van der Waals surface area (Å²) >= 11 is 1.23. The van der Waals surface area contributed by atoms with E-state index in [0.717, 1.165) is 11.1 Å². The van der Waals surface area contributed by atoms with Gasteiger partial charge in [0.15, 0.2) is 12.1 Å². The molecule has 3 heterocycles. The van der Waals surface area contributed by atoms with Gasteiger partial charge in [-0.25, -0.2) is 9.59 Å². The molecule has 0 radical (unpaired) electrons. The maximum Gasteiger partial charge on any atom is 0.408 e. The lowest BCUT2D eigenvalue weighted by Crippen LogP contribution is -2.74. The summed E-state index contributed by atoms with van der Waals surface area (Å²) in [6.07, 6.45) is 0.355. The van der Waals surface area contributed by atoms with Crippen LogP contribution in [0.15, 0.2) is 108 Å². The Morgan fingerprint density at radius 2 is 1.65 bits per heavy atom. The summed E-state index contributed by atoms with van der Waals surface area (Å²) in [4.78, 5) is 67.8. The predicted molar refractivity (Wildman–Crippen MR) is 182 cm³/mol. The second-order valence-corrected chi connectivity index (χ2v) is 13.7. The van der Waals surface area contributed by atoms with E-state index in [2.05, 4.69) is 5.32 Å². The number of alkyl carbamates (subject to hydrolysis) is 1. The van der Waals surface area contributed by atoms with Crippen LogP contribution in [-0.2, 0) is 23.9 Å². The lowest BCUT2D eigenvalue weighted by molar-refractivity contribution is -0.384. The number of thioether (sulfide) groups is 1. The van der Waals surface area contributed by atoms with Crippen molar-refractivity contribution in [2.24, 2.45) is 0 Å². The topological polar surface area (TPSA) is 148 Å². The van der Waals surface area contributed by atoms with Gasteiger partial charge in [0.1, 0.15) is 17.0 Å². The largest absolute Gasteiger partial charge is 0.451 e. The van der Waals surface area contributed by atoms with Crippen molar-refractivity contribution < 1.29 is 33.6 Å². The summed E-state index contributed by atoms with van der Waals surface area (Å²) in [5.74, 6) is -1.58. The number of amides is 3. The van der Waals surface area contributed by atoms with Gasteiger partial charge in [-0.2, -0.15) is 0 Å². The molecule has 3 atom stereocenters. The maximum absolute atomic E-state index is 14.3. The number of anilines is 1. The van der Waals surface area contributed by atoms with Gasteiger partial charge in [0.2, 0.25) is 5.91 Å². The number of nitro benzene ring substituents is 1. The quantitative estimate of drug-likeness (QED) is 0.105. The van der Waals surface area contributed by atoms with Gasteiger partial charge in [0.05, 0.1) is 10.6 Å². The number of rotatable bonds is 8. The lowest BCUT2D eigenvalue weighted by atomic mass is 9.95. The van der Waals surface area contributed by atoms with Crippen molar-refractivity contribution in [1.29, 1.82) is 0 Å². The summed E-state index contributed by atoms with van der Waals surface area (Å²) in [5.41, 5.74) is 1.66. The molecule has 252 valence electrons. The molecule has 3 aliphatic heterocycles. The van der Waals surface area contributed by atoms with E-state index in [1.165, 1.54) is 39.8 Å². The molecule has 0 spiro atoms. The van der Waals surface area contributed by atoms with E-state index < -0.39 is 52.1 Å². The first-order valence-electron chi connectivity index (χ1n) is 15.7. The molecule has 0 aromatic heterocycles. The number of carbonyl (C=O) groups is 4. The van der Waals surface area contributed by atoms with E-state index in [1.807, 2.05) is 60.7 Å². The minimum absolute atomic E-state index is 0.139. The highest BCUT2D eigenvalue weighted by Crippen LogP contribution is 2.42. The number of carbonyl (C=O) groups excluding carboxylic acids is 4. The molecule has 12 nitrogen and oxygen atoms in total. The van der Waals surface area contributed by atoms with Crippen LogP contribution in [0.2, 0.25) is 0 Å². The first kappa shape index (κ1) is 33.5. The lowest BCUT2D eigenvalue weighted by Gasteiger charge is -2.51. The van der Waals surface area contributed by atoms with E-state index in [-0.39, 0.29) is 18.1 Å². The fourth-order valence-corrected chi connectivity index (χ4v) is 7.13. The number of esters is 1. The molecule has 1 N–H and O–H groups in total. The Morgan fingerprint density at radius 1 is 1.00 bits per heavy atom. The Hall–Kier alpha value is -5.43. The number of hydrogen-bond acceptors (Lipinski definition) is 9. The fourth-order valence-electron chi connectivity index (χ4n) is 5.94.